The van der Waals surface area contributed by atoms with Crippen LogP contribution in [-0.4, -0.2) is 41.8 Å². The Bertz CT molecular complexity index is 222. The fraction of sp³-hybridized carbons (Fsp3) is 0.636. The van der Waals surface area contributed by atoms with Gasteiger partial charge in [0.2, 0.25) is 0 Å². The van der Waals surface area contributed by atoms with Crippen molar-refractivity contribution >= 4 is 12.1 Å². The fourth-order valence-corrected chi connectivity index (χ4v) is 0.697. The van der Waals surface area contributed by atoms with Gasteiger partial charge in [-0.3, -0.25) is 0 Å². The Balaban J connectivity index is 0. The Hall–Kier alpha value is -1.52. The molecular formula is C11H21NO4. The first kappa shape index (κ1) is 16.9. The molecular weight excluding hydrogens is 210 g/mol. The Morgan fingerprint density at radius 3 is 1.81 bits per heavy atom. The lowest BCUT2D eigenvalue weighted by molar-refractivity contribution is -0.132. The average molecular weight is 231 g/mol. The Labute approximate surface area is 96.7 Å². The molecule has 16 heavy (non-hydrogen) atoms. The van der Waals surface area contributed by atoms with Gasteiger partial charge in [-0.1, -0.05) is 6.58 Å². The fourth-order valence-electron chi connectivity index (χ4n) is 0.697. The molecule has 0 aliphatic rings. The number of amides is 1. The lowest BCUT2D eigenvalue weighted by Gasteiger charge is -2.16. The molecule has 0 saturated heterocycles. The van der Waals surface area contributed by atoms with Crippen molar-refractivity contribution in [1.29, 1.82) is 0 Å². The minimum Gasteiger partial charge on any atom is -0.478 e. The maximum atomic E-state index is 10.9. The summed E-state index contributed by atoms with van der Waals surface area (Å²) in [5.74, 6) is -0.935. The van der Waals surface area contributed by atoms with E-state index in [9.17, 15) is 9.59 Å². The van der Waals surface area contributed by atoms with E-state index in [0.29, 0.717) is 6.61 Å². The molecule has 0 aliphatic heterocycles. The number of hydrogen-bond donors (Lipinski definition) is 1. The predicted molar refractivity (Wildman–Crippen MR) is 62.4 cm³/mol. The normalized spacial score (nSPS) is 8.50. The molecule has 0 fully saturated rings. The van der Waals surface area contributed by atoms with Gasteiger partial charge in [0.05, 0.1) is 6.61 Å². The largest absolute Gasteiger partial charge is 0.478 e. The highest BCUT2D eigenvalue weighted by molar-refractivity contribution is 5.84. The molecule has 0 atom stereocenters. The summed E-state index contributed by atoms with van der Waals surface area (Å²) in [5.41, 5.74) is 0.176. The molecule has 94 valence electrons. The molecule has 0 aromatic heterocycles. The third kappa shape index (κ3) is 9.05. The first-order valence-corrected chi connectivity index (χ1v) is 5.21. The van der Waals surface area contributed by atoms with E-state index in [2.05, 4.69) is 6.58 Å². The van der Waals surface area contributed by atoms with E-state index >= 15 is 0 Å². The van der Waals surface area contributed by atoms with Crippen LogP contribution in [0.25, 0.3) is 0 Å². The Morgan fingerprint density at radius 2 is 1.62 bits per heavy atom. The smallest absolute Gasteiger partial charge is 0.409 e. The molecule has 0 heterocycles. The van der Waals surface area contributed by atoms with Gasteiger partial charge in [0.25, 0.3) is 0 Å². The van der Waals surface area contributed by atoms with Crippen molar-refractivity contribution in [3.63, 3.8) is 0 Å². The molecule has 0 rings (SSSR count). The van der Waals surface area contributed by atoms with Crippen LogP contribution < -0.4 is 0 Å². The maximum absolute atomic E-state index is 10.9. The Morgan fingerprint density at radius 1 is 1.25 bits per heavy atom. The van der Waals surface area contributed by atoms with Gasteiger partial charge in [0, 0.05) is 18.7 Å². The first-order chi connectivity index (χ1) is 7.40. The average Bonchev–Trinajstić information content (AvgIpc) is 2.20. The van der Waals surface area contributed by atoms with Crippen molar-refractivity contribution in [3.8, 4) is 0 Å². The number of rotatable bonds is 4. The van der Waals surface area contributed by atoms with Gasteiger partial charge in [-0.15, -0.1) is 0 Å². The van der Waals surface area contributed by atoms with Crippen LogP contribution in [0.1, 0.15) is 27.7 Å². The number of carbonyl (C=O) groups excluding carboxylic acids is 1. The van der Waals surface area contributed by atoms with E-state index in [4.69, 9.17) is 9.84 Å². The molecule has 0 aromatic carbocycles. The predicted octanol–water partition coefficient (Wildman–Crippen LogP) is 2.13. The van der Waals surface area contributed by atoms with Crippen LogP contribution in [0.15, 0.2) is 12.2 Å². The SMILES string of the molecule is C=C(C)C(=O)O.CCOC(=O)N(CC)CC. The van der Waals surface area contributed by atoms with Crippen molar-refractivity contribution in [3.05, 3.63) is 12.2 Å². The van der Waals surface area contributed by atoms with E-state index < -0.39 is 5.97 Å². The van der Waals surface area contributed by atoms with Gasteiger partial charge in [-0.2, -0.15) is 0 Å². The van der Waals surface area contributed by atoms with Crippen molar-refractivity contribution in [2.45, 2.75) is 27.7 Å². The van der Waals surface area contributed by atoms with E-state index in [1.807, 2.05) is 13.8 Å². The molecule has 0 unspecified atom stereocenters. The number of carbonyl (C=O) groups is 2. The molecule has 0 spiro atoms. The molecule has 1 N–H and O–H groups in total. The highest BCUT2D eigenvalue weighted by Crippen LogP contribution is 1.91. The zero-order valence-electron chi connectivity index (χ0n) is 10.4. The lowest BCUT2D eigenvalue weighted by atomic mass is 10.4. The van der Waals surface area contributed by atoms with Crippen LogP contribution in [0.2, 0.25) is 0 Å². The molecule has 0 aromatic rings. The third-order valence-electron chi connectivity index (χ3n) is 1.65. The summed E-state index contributed by atoms with van der Waals surface area (Å²) in [6.45, 7) is 12.2. The molecule has 0 radical (unpaired) electrons. The molecule has 1 amide bonds. The summed E-state index contributed by atoms with van der Waals surface area (Å²) in [6.07, 6.45) is -0.215. The molecule has 0 saturated carbocycles. The van der Waals surface area contributed by atoms with E-state index in [1.54, 1.807) is 11.8 Å². The number of hydrogen-bond acceptors (Lipinski definition) is 3. The monoisotopic (exact) mass is 231 g/mol. The lowest BCUT2D eigenvalue weighted by Crippen LogP contribution is -2.30. The van der Waals surface area contributed by atoms with Gasteiger partial charge in [0.15, 0.2) is 0 Å². The van der Waals surface area contributed by atoms with Crippen LogP contribution in [0.5, 0.6) is 0 Å². The molecule has 0 bridgehead atoms. The summed E-state index contributed by atoms with van der Waals surface area (Å²) >= 11 is 0. The number of carboxylic acid groups (broad SMARTS) is 1. The minimum atomic E-state index is -0.935. The van der Waals surface area contributed by atoms with Crippen LogP contribution in [0, 0.1) is 0 Å². The number of ether oxygens (including phenoxy) is 1. The van der Waals surface area contributed by atoms with E-state index in [0.717, 1.165) is 13.1 Å². The van der Waals surface area contributed by atoms with Gasteiger partial charge < -0.3 is 14.7 Å². The standard InChI is InChI=1S/C7H15NO2.C4H6O2/c1-4-8(5-2)7(9)10-6-3;1-3(2)4(5)6/h4-6H2,1-3H3;1H2,2H3,(H,5,6). The van der Waals surface area contributed by atoms with Gasteiger partial charge in [-0.05, 0) is 27.7 Å². The minimum absolute atomic E-state index is 0.176. The van der Waals surface area contributed by atoms with Crippen LogP contribution in [-0.2, 0) is 9.53 Å². The number of aliphatic carboxylic acids is 1. The number of nitrogens with zero attached hydrogens (tertiary/aromatic N) is 1. The van der Waals surface area contributed by atoms with Crippen molar-refractivity contribution in [2.24, 2.45) is 0 Å². The highest BCUT2D eigenvalue weighted by Gasteiger charge is 2.07. The maximum Gasteiger partial charge on any atom is 0.409 e. The van der Waals surface area contributed by atoms with Gasteiger partial charge in [0.1, 0.15) is 0 Å². The zero-order valence-corrected chi connectivity index (χ0v) is 10.4. The van der Waals surface area contributed by atoms with Crippen molar-refractivity contribution in [2.75, 3.05) is 19.7 Å². The summed E-state index contributed by atoms with van der Waals surface area (Å²) in [5, 5.41) is 7.89. The van der Waals surface area contributed by atoms with Crippen LogP contribution in [0.3, 0.4) is 0 Å². The van der Waals surface area contributed by atoms with E-state index in [-0.39, 0.29) is 11.7 Å². The summed E-state index contributed by atoms with van der Waals surface area (Å²) in [4.78, 5) is 22.2. The van der Waals surface area contributed by atoms with Gasteiger partial charge >= 0.3 is 12.1 Å². The first-order valence-electron chi connectivity index (χ1n) is 5.21. The molecule has 0 aliphatic carbocycles. The number of carboxylic acids is 1. The summed E-state index contributed by atoms with van der Waals surface area (Å²) < 4.78 is 4.77. The third-order valence-corrected chi connectivity index (χ3v) is 1.65. The zero-order chi connectivity index (χ0) is 13.1. The summed E-state index contributed by atoms with van der Waals surface area (Å²) in [6, 6.07) is 0. The Kier molecular flexibility index (Phi) is 10.6. The molecule has 5 heteroatoms. The highest BCUT2D eigenvalue weighted by atomic mass is 16.6. The van der Waals surface area contributed by atoms with E-state index in [1.165, 1.54) is 6.92 Å². The second-order valence-electron chi connectivity index (χ2n) is 2.96. The quantitative estimate of drug-likeness (QED) is 0.753. The summed E-state index contributed by atoms with van der Waals surface area (Å²) in [7, 11) is 0. The van der Waals surface area contributed by atoms with Crippen molar-refractivity contribution < 1.29 is 19.4 Å². The topological polar surface area (TPSA) is 66.8 Å². The van der Waals surface area contributed by atoms with Crippen molar-refractivity contribution in [1.82, 2.24) is 4.90 Å². The van der Waals surface area contributed by atoms with Gasteiger partial charge in [-0.25, -0.2) is 9.59 Å². The van der Waals surface area contributed by atoms with Crippen LogP contribution in [0.4, 0.5) is 4.79 Å². The molecule has 5 nitrogen and oxygen atoms in total. The van der Waals surface area contributed by atoms with Crippen LogP contribution >= 0.6 is 0 Å². The second kappa shape index (κ2) is 10.0. The second-order valence-corrected chi connectivity index (χ2v) is 2.96.